The molecule has 1 rings (SSSR count). The number of carbonyl (C=O) groups is 2. The molecule has 0 bridgehead atoms. The van der Waals surface area contributed by atoms with E-state index in [4.69, 9.17) is 21.4 Å². The Morgan fingerprint density at radius 2 is 2.00 bits per heavy atom. The number of halogens is 1. The monoisotopic (exact) mass is 270 g/mol. The maximum Gasteiger partial charge on any atom is 0.309 e. The first-order valence-electron chi connectivity index (χ1n) is 5.38. The fourth-order valence-electron chi connectivity index (χ4n) is 1.42. The van der Waals surface area contributed by atoms with Gasteiger partial charge >= 0.3 is 5.97 Å². The molecule has 0 amide bonds. The number of hydrogen-bond donors (Lipinski definition) is 1. The Morgan fingerprint density at radius 3 is 2.44 bits per heavy atom. The molecule has 0 aromatic heterocycles. The van der Waals surface area contributed by atoms with E-state index in [0.717, 1.165) is 0 Å². The third kappa shape index (κ3) is 3.23. The van der Waals surface area contributed by atoms with E-state index in [1.54, 1.807) is 12.1 Å². The van der Waals surface area contributed by atoms with E-state index < -0.39 is 11.4 Å². The molecule has 18 heavy (non-hydrogen) atoms. The van der Waals surface area contributed by atoms with Crippen molar-refractivity contribution in [3.63, 3.8) is 0 Å². The van der Waals surface area contributed by atoms with Gasteiger partial charge in [-0.2, -0.15) is 0 Å². The molecule has 0 aliphatic rings. The first kappa shape index (κ1) is 14.5. The number of ketones is 1. The van der Waals surface area contributed by atoms with E-state index in [-0.39, 0.29) is 17.2 Å². The van der Waals surface area contributed by atoms with Crippen LogP contribution in [0.15, 0.2) is 18.2 Å². The standard InChI is InChI=1S/C13H15ClO4/c1-13(2,12(16)17)7-11(15)9-5-4-8(18-3)6-10(9)14/h4-6H,7H2,1-3H3,(H,16,17). The summed E-state index contributed by atoms with van der Waals surface area (Å²) in [7, 11) is 1.50. The quantitative estimate of drug-likeness (QED) is 0.836. The second-order valence-electron chi connectivity index (χ2n) is 4.63. The van der Waals surface area contributed by atoms with E-state index in [2.05, 4.69) is 0 Å². The maximum absolute atomic E-state index is 12.0. The second kappa shape index (κ2) is 5.40. The summed E-state index contributed by atoms with van der Waals surface area (Å²) in [5, 5.41) is 9.25. The molecule has 0 unspecified atom stereocenters. The number of carboxylic acids is 1. The van der Waals surface area contributed by atoms with Gasteiger partial charge in [0.25, 0.3) is 0 Å². The highest BCUT2D eigenvalue weighted by molar-refractivity contribution is 6.34. The van der Waals surface area contributed by atoms with Crippen molar-refractivity contribution in [3.05, 3.63) is 28.8 Å². The molecule has 0 spiro atoms. The van der Waals surface area contributed by atoms with Gasteiger partial charge in [0.15, 0.2) is 5.78 Å². The van der Waals surface area contributed by atoms with Crippen LogP contribution in [0.25, 0.3) is 0 Å². The fourth-order valence-corrected chi connectivity index (χ4v) is 1.70. The smallest absolute Gasteiger partial charge is 0.309 e. The number of rotatable bonds is 5. The van der Waals surface area contributed by atoms with E-state index in [1.165, 1.54) is 27.0 Å². The molecule has 0 aliphatic heterocycles. The molecule has 0 fully saturated rings. The Hall–Kier alpha value is -1.55. The summed E-state index contributed by atoms with van der Waals surface area (Å²) >= 11 is 5.96. The average molecular weight is 271 g/mol. The highest BCUT2D eigenvalue weighted by Crippen LogP contribution is 2.28. The molecule has 98 valence electrons. The lowest BCUT2D eigenvalue weighted by atomic mass is 9.86. The minimum atomic E-state index is -1.11. The van der Waals surface area contributed by atoms with E-state index >= 15 is 0 Å². The molecule has 0 saturated carbocycles. The molecule has 0 aliphatic carbocycles. The van der Waals surface area contributed by atoms with Gasteiger partial charge in [0, 0.05) is 12.0 Å². The summed E-state index contributed by atoms with van der Waals surface area (Å²) in [6.45, 7) is 3.01. The Morgan fingerprint density at radius 1 is 1.39 bits per heavy atom. The number of hydrogen-bond acceptors (Lipinski definition) is 3. The molecule has 0 atom stereocenters. The summed E-state index contributed by atoms with van der Waals surface area (Å²) in [6, 6.07) is 4.69. The van der Waals surface area contributed by atoms with E-state index in [0.29, 0.717) is 11.3 Å². The topological polar surface area (TPSA) is 63.6 Å². The number of aliphatic carboxylic acids is 1. The summed E-state index contributed by atoms with van der Waals surface area (Å²) in [5.74, 6) is -0.760. The van der Waals surface area contributed by atoms with Gasteiger partial charge in [-0.1, -0.05) is 11.6 Å². The van der Waals surface area contributed by atoms with Gasteiger partial charge in [0.2, 0.25) is 0 Å². The average Bonchev–Trinajstić information content (AvgIpc) is 2.27. The van der Waals surface area contributed by atoms with Gasteiger partial charge in [-0.25, -0.2) is 0 Å². The second-order valence-corrected chi connectivity index (χ2v) is 5.04. The SMILES string of the molecule is COc1ccc(C(=O)CC(C)(C)C(=O)O)c(Cl)c1. The molecule has 4 nitrogen and oxygen atoms in total. The van der Waals surface area contributed by atoms with Crippen molar-refractivity contribution in [2.24, 2.45) is 5.41 Å². The zero-order chi connectivity index (χ0) is 13.9. The van der Waals surface area contributed by atoms with Gasteiger partial charge in [-0.15, -0.1) is 0 Å². The van der Waals surface area contributed by atoms with Crippen LogP contribution in [0.4, 0.5) is 0 Å². The Kier molecular flexibility index (Phi) is 4.35. The minimum Gasteiger partial charge on any atom is -0.497 e. The lowest BCUT2D eigenvalue weighted by Crippen LogP contribution is -2.27. The Bertz CT molecular complexity index is 480. The zero-order valence-corrected chi connectivity index (χ0v) is 11.2. The molecule has 5 heteroatoms. The Labute approximate surface area is 111 Å². The molecular weight excluding hydrogens is 256 g/mol. The summed E-state index contributed by atoms with van der Waals surface area (Å²) < 4.78 is 4.98. The predicted octanol–water partition coefficient (Wildman–Crippen LogP) is 3.03. The molecule has 1 N–H and O–H groups in total. The van der Waals surface area contributed by atoms with E-state index in [9.17, 15) is 9.59 Å². The van der Waals surface area contributed by atoms with Crippen LogP contribution in [0.1, 0.15) is 30.6 Å². The molecule has 0 saturated heterocycles. The normalized spacial score (nSPS) is 11.1. The summed E-state index contributed by atoms with van der Waals surface area (Å²) in [4.78, 5) is 23.0. The molecule has 1 aromatic carbocycles. The number of carbonyl (C=O) groups excluding carboxylic acids is 1. The van der Waals surface area contributed by atoms with Gasteiger partial charge in [-0.05, 0) is 32.0 Å². The largest absolute Gasteiger partial charge is 0.497 e. The zero-order valence-electron chi connectivity index (χ0n) is 10.5. The Balaban J connectivity index is 2.95. The highest BCUT2D eigenvalue weighted by atomic mass is 35.5. The number of Topliss-reactive ketones (excluding diaryl/α,β-unsaturated/α-hetero) is 1. The minimum absolute atomic E-state index is 0.103. The van der Waals surface area contributed by atoms with Crippen LogP contribution in [-0.2, 0) is 4.79 Å². The lowest BCUT2D eigenvalue weighted by Gasteiger charge is -2.18. The van der Waals surface area contributed by atoms with Gasteiger partial charge in [0.05, 0.1) is 17.5 Å². The van der Waals surface area contributed by atoms with Crippen LogP contribution in [-0.4, -0.2) is 24.0 Å². The van der Waals surface area contributed by atoms with Gasteiger partial charge < -0.3 is 9.84 Å². The van der Waals surface area contributed by atoms with Crippen LogP contribution in [0, 0.1) is 5.41 Å². The van der Waals surface area contributed by atoms with E-state index in [1.807, 2.05) is 0 Å². The third-order valence-electron chi connectivity index (χ3n) is 2.66. The highest BCUT2D eigenvalue weighted by Gasteiger charge is 2.31. The predicted molar refractivity (Wildman–Crippen MR) is 68.4 cm³/mol. The third-order valence-corrected chi connectivity index (χ3v) is 2.97. The van der Waals surface area contributed by atoms with Gasteiger partial charge in [-0.3, -0.25) is 9.59 Å². The van der Waals surface area contributed by atoms with Crippen LogP contribution >= 0.6 is 11.6 Å². The number of methoxy groups -OCH3 is 1. The number of carboxylic acid groups (broad SMARTS) is 1. The molecular formula is C13H15ClO4. The molecule has 1 aromatic rings. The fraction of sp³-hybridized carbons (Fsp3) is 0.385. The summed E-state index contributed by atoms with van der Waals surface area (Å²) in [6.07, 6.45) is -0.103. The first-order valence-corrected chi connectivity index (χ1v) is 5.76. The van der Waals surface area contributed by atoms with Crippen LogP contribution in [0.2, 0.25) is 5.02 Å². The maximum atomic E-state index is 12.0. The van der Waals surface area contributed by atoms with Crippen molar-refractivity contribution in [1.82, 2.24) is 0 Å². The number of benzene rings is 1. The lowest BCUT2D eigenvalue weighted by molar-refractivity contribution is -0.146. The van der Waals surface area contributed by atoms with Crippen LogP contribution in [0.5, 0.6) is 5.75 Å². The van der Waals surface area contributed by atoms with Crippen molar-refractivity contribution < 1.29 is 19.4 Å². The summed E-state index contributed by atoms with van der Waals surface area (Å²) in [5.41, 5.74) is -0.799. The van der Waals surface area contributed by atoms with Crippen molar-refractivity contribution >= 4 is 23.4 Å². The van der Waals surface area contributed by atoms with Crippen LogP contribution in [0.3, 0.4) is 0 Å². The number of ether oxygens (including phenoxy) is 1. The van der Waals surface area contributed by atoms with Crippen molar-refractivity contribution in [3.8, 4) is 5.75 Å². The molecule has 0 heterocycles. The van der Waals surface area contributed by atoms with Crippen molar-refractivity contribution in [2.45, 2.75) is 20.3 Å². The van der Waals surface area contributed by atoms with Crippen molar-refractivity contribution in [1.29, 1.82) is 0 Å². The van der Waals surface area contributed by atoms with Crippen LogP contribution < -0.4 is 4.74 Å². The van der Waals surface area contributed by atoms with Gasteiger partial charge in [0.1, 0.15) is 5.75 Å². The first-order chi connectivity index (χ1) is 8.27. The van der Waals surface area contributed by atoms with Crippen molar-refractivity contribution in [2.75, 3.05) is 7.11 Å². The molecule has 0 radical (unpaired) electrons.